The van der Waals surface area contributed by atoms with Crippen molar-refractivity contribution in [3.05, 3.63) is 23.8 Å². The van der Waals surface area contributed by atoms with Gasteiger partial charge in [0, 0.05) is 20.1 Å². The van der Waals surface area contributed by atoms with Crippen molar-refractivity contribution in [2.75, 3.05) is 27.7 Å². The predicted octanol–water partition coefficient (Wildman–Crippen LogP) is 1.84. The summed E-state index contributed by atoms with van der Waals surface area (Å²) >= 11 is 0. The standard InChI is InChI=1S/C14H24N2O3S/c1-5-6-9-16(3)20(17,18)14-8-7-12(11-15-2)10-13(14)19-4/h7-8,10,15H,5-6,9,11H2,1-4H3. The first kappa shape index (κ1) is 16.9. The third-order valence-corrected chi connectivity index (χ3v) is 5.02. The van der Waals surface area contributed by atoms with Crippen molar-refractivity contribution in [3.63, 3.8) is 0 Å². The Hall–Kier alpha value is -1.11. The first-order valence-corrected chi connectivity index (χ1v) is 8.19. The molecule has 0 saturated heterocycles. The van der Waals surface area contributed by atoms with Crippen molar-refractivity contribution in [2.24, 2.45) is 0 Å². The smallest absolute Gasteiger partial charge is 0.246 e. The van der Waals surface area contributed by atoms with E-state index in [0.29, 0.717) is 18.8 Å². The van der Waals surface area contributed by atoms with E-state index in [2.05, 4.69) is 5.32 Å². The molecule has 0 saturated carbocycles. The maximum absolute atomic E-state index is 12.5. The SMILES string of the molecule is CCCCN(C)S(=O)(=O)c1ccc(CNC)cc1OC. The molecule has 0 fully saturated rings. The number of nitrogens with zero attached hydrogens (tertiary/aromatic N) is 1. The minimum Gasteiger partial charge on any atom is -0.495 e. The second-order valence-electron chi connectivity index (χ2n) is 4.70. The summed E-state index contributed by atoms with van der Waals surface area (Å²) in [4.78, 5) is 0.221. The van der Waals surface area contributed by atoms with Crippen LogP contribution in [0, 0.1) is 0 Å². The molecule has 0 atom stereocenters. The zero-order valence-electron chi connectivity index (χ0n) is 12.6. The molecule has 114 valence electrons. The highest BCUT2D eigenvalue weighted by Gasteiger charge is 2.24. The molecule has 0 heterocycles. The van der Waals surface area contributed by atoms with Crippen LogP contribution in [-0.4, -0.2) is 40.5 Å². The largest absolute Gasteiger partial charge is 0.495 e. The summed E-state index contributed by atoms with van der Waals surface area (Å²) in [6, 6.07) is 5.18. The van der Waals surface area contributed by atoms with Gasteiger partial charge in [0.2, 0.25) is 10.0 Å². The fraction of sp³-hybridized carbons (Fsp3) is 0.571. The number of nitrogens with one attached hydrogen (secondary N) is 1. The van der Waals surface area contributed by atoms with Crippen molar-refractivity contribution < 1.29 is 13.2 Å². The Morgan fingerprint density at radius 3 is 2.60 bits per heavy atom. The van der Waals surface area contributed by atoms with E-state index in [1.807, 2.05) is 14.0 Å². The van der Waals surface area contributed by atoms with E-state index < -0.39 is 10.0 Å². The number of sulfonamides is 1. The highest BCUT2D eigenvalue weighted by molar-refractivity contribution is 7.89. The second kappa shape index (κ2) is 7.61. The summed E-state index contributed by atoms with van der Waals surface area (Å²) in [6.45, 7) is 3.22. The topological polar surface area (TPSA) is 58.6 Å². The highest BCUT2D eigenvalue weighted by Crippen LogP contribution is 2.27. The molecule has 5 nitrogen and oxygen atoms in total. The minimum absolute atomic E-state index is 0.221. The third-order valence-electron chi connectivity index (χ3n) is 3.12. The molecule has 0 bridgehead atoms. The Morgan fingerprint density at radius 1 is 1.35 bits per heavy atom. The molecule has 0 aromatic heterocycles. The van der Waals surface area contributed by atoms with Crippen LogP contribution in [0.4, 0.5) is 0 Å². The Labute approximate surface area is 122 Å². The molecule has 1 N–H and O–H groups in total. The lowest BCUT2D eigenvalue weighted by Crippen LogP contribution is -2.28. The van der Waals surface area contributed by atoms with Crippen LogP contribution in [0.15, 0.2) is 23.1 Å². The van der Waals surface area contributed by atoms with Crippen LogP contribution in [0.3, 0.4) is 0 Å². The number of rotatable bonds is 8. The normalized spacial score (nSPS) is 11.8. The molecule has 0 aliphatic heterocycles. The number of unbranched alkanes of at least 4 members (excludes halogenated alkanes) is 1. The first-order valence-electron chi connectivity index (χ1n) is 6.75. The van der Waals surface area contributed by atoms with Crippen LogP contribution in [-0.2, 0) is 16.6 Å². The summed E-state index contributed by atoms with van der Waals surface area (Å²) in [7, 11) is 1.44. The van der Waals surface area contributed by atoms with Gasteiger partial charge in [0.25, 0.3) is 0 Å². The zero-order chi connectivity index (χ0) is 15.2. The van der Waals surface area contributed by atoms with Gasteiger partial charge in [-0.3, -0.25) is 0 Å². The minimum atomic E-state index is -3.50. The van der Waals surface area contributed by atoms with Gasteiger partial charge in [-0.2, -0.15) is 0 Å². The first-order chi connectivity index (χ1) is 9.47. The average Bonchev–Trinajstić information content (AvgIpc) is 2.44. The van der Waals surface area contributed by atoms with Crippen LogP contribution in [0.2, 0.25) is 0 Å². The molecule has 0 spiro atoms. The lowest BCUT2D eigenvalue weighted by molar-refractivity contribution is 0.396. The van der Waals surface area contributed by atoms with Gasteiger partial charge in [-0.15, -0.1) is 0 Å². The van der Waals surface area contributed by atoms with Gasteiger partial charge in [-0.25, -0.2) is 12.7 Å². The molecule has 6 heteroatoms. The molecule has 1 rings (SSSR count). The van der Waals surface area contributed by atoms with Gasteiger partial charge in [0.15, 0.2) is 0 Å². The van der Waals surface area contributed by atoms with Crippen molar-refractivity contribution in [1.29, 1.82) is 0 Å². The lowest BCUT2D eigenvalue weighted by Gasteiger charge is -2.19. The maximum atomic E-state index is 12.5. The zero-order valence-corrected chi connectivity index (χ0v) is 13.5. The Morgan fingerprint density at radius 2 is 2.05 bits per heavy atom. The van der Waals surface area contributed by atoms with Crippen molar-refractivity contribution in [2.45, 2.75) is 31.2 Å². The maximum Gasteiger partial charge on any atom is 0.246 e. The van der Waals surface area contributed by atoms with Gasteiger partial charge < -0.3 is 10.1 Å². The van der Waals surface area contributed by atoms with Crippen molar-refractivity contribution in [1.82, 2.24) is 9.62 Å². The summed E-state index contributed by atoms with van der Waals surface area (Å²) in [5.74, 6) is 0.390. The molecule has 0 amide bonds. The fourth-order valence-corrected chi connectivity index (χ4v) is 3.25. The number of hydrogen-bond acceptors (Lipinski definition) is 4. The number of methoxy groups -OCH3 is 1. The van der Waals surface area contributed by atoms with Crippen LogP contribution in [0.5, 0.6) is 5.75 Å². The molecule has 0 unspecified atom stereocenters. The van der Waals surface area contributed by atoms with E-state index in [9.17, 15) is 8.42 Å². The molecule has 20 heavy (non-hydrogen) atoms. The average molecular weight is 300 g/mol. The molecular weight excluding hydrogens is 276 g/mol. The van der Waals surface area contributed by atoms with Gasteiger partial charge in [-0.05, 0) is 31.2 Å². The Balaban J connectivity index is 3.11. The van der Waals surface area contributed by atoms with Crippen LogP contribution < -0.4 is 10.1 Å². The second-order valence-corrected chi connectivity index (χ2v) is 6.71. The molecule has 1 aromatic carbocycles. The monoisotopic (exact) mass is 300 g/mol. The van der Waals surface area contributed by atoms with E-state index in [4.69, 9.17) is 4.74 Å². The number of benzene rings is 1. The van der Waals surface area contributed by atoms with Gasteiger partial charge in [0.1, 0.15) is 10.6 Å². The van der Waals surface area contributed by atoms with E-state index in [1.165, 1.54) is 11.4 Å². The molecular formula is C14H24N2O3S. The third kappa shape index (κ3) is 3.94. The summed E-state index contributed by atoms with van der Waals surface area (Å²) in [6.07, 6.45) is 1.80. The van der Waals surface area contributed by atoms with E-state index in [1.54, 1.807) is 25.2 Å². The van der Waals surface area contributed by atoms with Gasteiger partial charge in [-0.1, -0.05) is 19.4 Å². The van der Waals surface area contributed by atoms with E-state index >= 15 is 0 Å². The van der Waals surface area contributed by atoms with Crippen molar-refractivity contribution in [3.8, 4) is 5.75 Å². The quantitative estimate of drug-likeness (QED) is 0.796. The molecule has 1 aromatic rings. The molecule has 0 aliphatic carbocycles. The fourth-order valence-electron chi connectivity index (χ4n) is 1.91. The molecule has 0 aliphatic rings. The summed E-state index contributed by atoms with van der Waals surface area (Å²) in [5.41, 5.74) is 0.986. The van der Waals surface area contributed by atoms with Crippen LogP contribution in [0.1, 0.15) is 25.3 Å². The Kier molecular flexibility index (Phi) is 6.45. The number of hydrogen-bond donors (Lipinski definition) is 1. The lowest BCUT2D eigenvalue weighted by atomic mass is 10.2. The summed E-state index contributed by atoms with van der Waals surface area (Å²) in [5, 5.41) is 3.03. The molecule has 0 radical (unpaired) electrons. The summed E-state index contributed by atoms with van der Waals surface area (Å²) < 4.78 is 31.7. The Bertz CT molecular complexity index is 529. The van der Waals surface area contributed by atoms with Gasteiger partial charge >= 0.3 is 0 Å². The van der Waals surface area contributed by atoms with E-state index in [0.717, 1.165) is 18.4 Å². The van der Waals surface area contributed by atoms with Crippen molar-refractivity contribution >= 4 is 10.0 Å². The highest BCUT2D eigenvalue weighted by atomic mass is 32.2. The number of ether oxygens (including phenoxy) is 1. The predicted molar refractivity (Wildman–Crippen MR) is 80.5 cm³/mol. The van der Waals surface area contributed by atoms with Crippen LogP contribution in [0.25, 0.3) is 0 Å². The van der Waals surface area contributed by atoms with Gasteiger partial charge in [0.05, 0.1) is 7.11 Å². The van der Waals surface area contributed by atoms with E-state index in [-0.39, 0.29) is 4.90 Å². The van der Waals surface area contributed by atoms with Crippen LogP contribution >= 0.6 is 0 Å².